The summed E-state index contributed by atoms with van der Waals surface area (Å²) in [7, 11) is 0. The summed E-state index contributed by atoms with van der Waals surface area (Å²) in [5.41, 5.74) is 0. The predicted molar refractivity (Wildman–Crippen MR) is 28.0 cm³/mol. The van der Waals surface area contributed by atoms with Crippen molar-refractivity contribution in [2.45, 2.75) is 6.92 Å². The number of hydroxylamine groups is 2. The minimum Gasteiger partial charge on any atom is -0.285 e. The lowest BCUT2D eigenvalue weighted by Crippen LogP contribution is -2.16. The lowest BCUT2D eigenvalue weighted by molar-refractivity contribution is -0.146. The van der Waals surface area contributed by atoms with Crippen molar-refractivity contribution in [3.8, 4) is 11.8 Å². The average Bonchev–Trinajstić information content (AvgIpc) is 1.83. The largest absolute Gasteiger partial charge is 0.285 e. The quantitative estimate of drug-likeness (QED) is 0.234. The van der Waals surface area contributed by atoms with Crippen LogP contribution in [0.1, 0.15) is 6.92 Å². The fraction of sp³-hybridized carbons (Fsp3) is 0.400. The molecule has 0 fully saturated rings. The second-order valence-electron chi connectivity index (χ2n) is 1.13. The molecule has 0 aromatic carbocycles. The number of hydrogen-bond donors (Lipinski definition) is 1. The van der Waals surface area contributed by atoms with Crippen LogP contribution in [0.4, 0.5) is 0 Å². The molecule has 0 radical (unpaired) electrons. The molecule has 44 valence electrons. The fourth-order valence-corrected chi connectivity index (χ4v) is 0.197. The molecule has 1 N–H and O–H groups in total. The molecule has 0 aliphatic rings. The molecule has 0 atom stereocenters. The highest BCUT2D eigenvalue weighted by Gasteiger charge is 1.85. The van der Waals surface area contributed by atoms with Crippen molar-refractivity contribution in [1.29, 1.82) is 0 Å². The molecule has 0 aromatic rings. The zero-order valence-corrected chi connectivity index (χ0v) is 4.59. The number of amides is 1. The number of rotatable bonds is 2. The van der Waals surface area contributed by atoms with Crippen molar-refractivity contribution < 1.29 is 10.0 Å². The summed E-state index contributed by atoms with van der Waals surface area (Å²) < 4.78 is 0. The Morgan fingerprint density at radius 1 is 1.88 bits per heavy atom. The van der Waals surface area contributed by atoms with Gasteiger partial charge in [0, 0.05) is 0 Å². The maximum absolute atomic E-state index is 9.62. The van der Waals surface area contributed by atoms with Crippen LogP contribution in [0.15, 0.2) is 0 Å². The van der Waals surface area contributed by atoms with Crippen molar-refractivity contribution in [3.63, 3.8) is 0 Å². The van der Waals surface area contributed by atoms with E-state index in [1.165, 1.54) is 0 Å². The lowest BCUT2D eigenvalue weighted by Gasteiger charge is -1.99. The van der Waals surface area contributed by atoms with Crippen LogP contribution >= 0.6 is 0 Å². The molecule has 0 heterocycles. The zero-order chi connectivity index (χ0) is 6.41. The van der Waals surface area contributed by atoms with Gasteiger partial charge < -0.3 is 0 Å². The summed E-state index contributed by atoms with van der Waals surface area (Å²) in [4.78, 5) is 9.62. The first kappa shape index (κ1) is 6.99. The molecular formula is C5H7NO2. The number of carbonyl (C=O) groups is 1. The van der Waals surface area contributed by atoms with Crippen LogP contribution < -0.4 is 0 Å². The smallest absolute Gasteiger partial charge is 0.234 e. The van der Waals surface area contributed by atoms with E-state index in [4.69, 9.17) is 5.21 Å². The van der Waals surface area contributed by atoms with Crippen molar-refractivity contribution in [1.82, 2.24) is 5.06 Å². The van der Waals surface area contributed by atoms with Crippen LogP contribution in [0, 0.1) is 11.8 Å². The summed E-state index contributed by atoms with van der Waals surface area (Å²) in [5.74, 6) is 5.02. The van der Waals surface area contributed by atoms with E-state index in [2.05, 4.69) is 11.8 Å². The third-order valence-corrected chi connectivity index (χ3v) is 0.540. The van der Waals surface area contributed by atoms with E-state index in [0.717, 1.165) is 0 Å². The highest BCUT2D eigenvalue weighted by molar-refractivity contribution is 5.45. The molecule has 3 heteroatoms. The lowest BCUT2D eigenvalue weighted by atomic mass is 10.6. The molecular weight excluding hydrogens is 106 g/mol. The second-order valence-corrected chi connectivity index (χ2v) is 1.13. The second kappa shape index (κ2) is 4.16. The highest BCUT2D eigenvalue weighted by Crippen LogP contribution is 1.68. The van der Waals surface area contributed by atoms with Gasteiger partial charge in [-0.2, -0.15) is 0 Å². The molecule has 0 saturated heterocycles. The Labute approximate surface area is 47.9 Å². The first-order chi connectivity index (χ1) is 3.81. The molecule has 0 unspecified atom stereocenters. The Kier molecular flexibility index (Phi) is 3.63. The van der Waals surface area contributed by atoms with E-state index in [9.17, 15) is 4.79 Å². The first-order valence-electron chi connectivity index (χ1n) is 2.11. The van der Waals surface area contributed by atoms with E-state index < -0.39 is 0 Å². The Hall–Kier alpha value is -1.01. The van der Waals surface area contributed by atoms with Crippen LogP contribution in [0.25, 0.3) is 0 Å². The SMILES string of the molecule is CC#CCN(O)C=O. The van der Waals surface area contributed by atoms with Crippen LogP contribution in [0.2, 0.25) is 0 Å². The van der Waals surface area contributed by atoms with Gasteiger partial charge in [0.15, 0.2) is 0 Å². The normalized spacial score (nSPS) is 6.75. The van der Waals surface area contributed by atoms with Crippen LogP contribution in [0.3, 0.4) is 0 Å². The van der Waals surface area contributed by atoms with E-state index >= 15 is 0 Å². The van der Waals surface area contributed by atoms with Gasteiger partial charge in [0.05, 0.1) is 0 Å². The summed E-state index contributed by atoms with van der Waals surface area (Å²) in [6.07, 6.45) is 0.310. The van der Waals surface area contributed by atoms with Gasteiger partial charge in [-0.05, 0) is 6.92 Å². The van der Waals surface area contributed by atoms with Gasteiger partial charge in [0.2, 0.25) is 6.41 Å². The standard InChI is InChI=1S/C5H7NO2/c1-2-3-4-6(8)5-7/h5,8H,4H2,1H3. The Balaban J connectivity index is 3.33. The molecule has 0 aromatic heterocycles. The van der Waals surface area contributed by atoms with Gasteiger partial charge in [0.25, 0.3) is 0 Å². The van der Waals surface area contributed by atoms with Crippen LogP contribution in [0.5, 0.6) is 0 Å². The maximum Gasteiger partial charge on any atom is 0.234 e. The molecule has 0 saturated carbocycles. The number of carbonyl (C=O) groups excluding carboxylic acids is 1. The number of hydrogen-bond acceptors (Lipinski definition) is 2. The van der Waals surface area contributed by atoms with Crippen molar-refractivity contribution in [3.05, 3.63) is 0 Å². The van der Waals surface area contributed by atoms with Gasteiger partial charge in [-0.15, -0.1) is 5.92 Å². The maximum atomic E-state index is 9.62. The van der Waals surface area contributed by atoms with Gasteiger partial charge in [-0.25, -0.2) is 5.06 Å². The summed E-state index contributed by atoms with van der Waals surface area (Å²) in [5, 5.41) is 8.83. The molecule has 3 nitrogen and oxygen atoms in total. The number of nitrogens with zero attached hydrogens (tertiary/aromatic N) is 1. The minimum atomic E-state index is 0.0833. The van der Waals surface area contributed by atoms with Crippen LogP contribution in [-0.4, -0.2) is 23.2 Å². The Morgan fingerprint density at radius 3 is 2.88 bits per heavy atom. The average molecular weight is 113 g/mol. The van der Waals surface area contributed by atoms with Crippen molar-refractivity contribution in [2.24, 2.45) is 0 Å². The third kappa shape index (κ3) is 3.19. The Bertz CT molecular complexity index is 122. The van der Waals surface area contributed by atoms with E-state index in [0.29, 0.717) is 11.5 Å². The summed E-state index contributed by atoms with van der Waals surface area (Å²) >= 11 is 0. The van der Waals surface area contributed by atoms with Crippen molar-refractivity contribution in [2.75, 3.05) is 6.54 Å². The summed E-state index contributed by atoms with van der Waals surface area (Å²) in [6.45, 7) is 1.72. The van der Waals surface area contributed by atoms with Crippen LogP contribution in [-0.2, 0) is 4.79 Å². The minimum absolute atomic E-state index is 0.0833. The molecule has 0 aliphatic heterocycles. The molecule has 0 bridgehead atoms. The molecule has 0 spiro atoms. The molecule has 1 amide bonds. The zero-order valence-electron chi connectivity index (χ0n) is 4.59. The molecule has 8 heavy (non-hydrogen) atoms. The first-order valence-corrected chi connectivity index (χ1v) is 2.11. The molecule has 0 aliphatic carbocycles. The Morgan fingerprint density at radius 2 is 2.50 bits per heavy atom. The highest BCUT2D eigenvalue weighted by atomic mass is 16.5. The van der Waals surface area contributed by atoms with E-state index in [1.807, 2.05) is 0 Å². The third-order valence-electron chi connectivity index (χ3n) is 0.540. The van der Waals surface area contributed by atoms with E-state index in [-0.39, 0.29) is 6.54 Å². The van der Waals surface area contributed by atoms with Gasteiger partial charge in [-0.3, -0.25) is 10.0 Å². The van der Waals surface area contributed by atoms with E-state index in [1.54, 1.807) is 6.92 Å². The van der Waals surface area contributed by atoms with Gasteiger partial charge in [0.1, 0.15) is 6.54 Å². The van der Waals surface area contributed by atoms with Gasteiger partial charge >= 0.3 is 0 Å². The van der Waals surface area contributed by atoms with Gasteiger partial charge in [-0.1, -0.05) is 5.92 Å². The summed E-state index contributed by atoms with van der Waals surface area (Å²) in [6, 6.07) is 0. The topological polar surface area (TPSA) is 40.5 Å². The fourth-order valence-electron chi connectivity index (χ4n) is 0.197. The van der Waals surface area contributed by atoms with Crippen molar-refractivity contribution >= 4 is 6.41 Å². The molecule has 0 rings (SSSR count). The predicted octanol–water partition coefficient (Wildman–Crippen LogP) is -0.143. The monoisotopic (exact) mass is 113 g/mol.